The summed E-state index contributed by atoms with van der Waals surface area (Å²) in [6.45, 7) is 0.803. The molecule has 0 radical (unpaired) electrons. The van der Waals surface area contributed by atoms with Crippen LogP contribution in [0.3, 0.4) is 0 Å². The largest absolute Gasteiger partial charge is 0.362 e. The Morgan fingerprint density at radius 2 is 2.22 bits per heavy atom. The van der Waals surface area contributed by atoms with Crippen LogP contribution in [0.15, 0.2) is 12.5 Å². The summed E-state index contributed by atoms with van der Waals surface area (Å²) >= 11 is 0. The molecule has 1 fully saturated rings. The van der Waals surface area contributed by atoms with Gasteiger partial charge in [0.25, 0.3) is 0 Å². The van der Waals surface area contributed by atoms with Gasteiger partial charge >= 0.3 is 0 Å². The van der Waals surface area contributed by atoms with Crippen LogP contribution in [0.2, 0.25) is 0 Å². The molecule has 96 valence electrons. The summed E-state index contributed by atoms with van der Waals surface area (Å²) in [5, 5.41) is 5.39. The van der Waals surface area contributed by atoms with Gasteiger partial charge in [0.15, 0.2) is 11.9 Å². The number of hydrogen-bond donors (Lipinski definition) is 0. The third kappa shape index (κ3) is 1.82. The van der Waals surface area contributed by atoms with Gasteiger partial charge < -0.3 is 9.64 Å². The van der Waals surface area contributed by atoms with E-state index in [0.29, 0.717) is 0 Å². The van der Waals surface area contributed by atoms with Crippen LogP contribution in [0.25, 0.3) is 11.0 Å². The summed E-state index contributed by atoms with van der Waals surface area (Å²) in [7, 11) is 3.94. The van der Waals surface area contributed by atoms with Crippen LogP contribution < -0.4 is 4.90 Å². The molecule has 0 aromatic carbocycles. The van der Waals surface area contributed by atoms with Crippen LogP contribution in [0, 0.1) is 0 Å². The van der Waals surface area contributed by atoms with E-state index in [4.69, 9.17) is 4.74 Å². The number of fused-ring (bicyclic) bond motifs is 1. The third-order valence-electron chi connectivity index (χ3n) is 3.22. The first-order chi connectivity index (χ1) is 8.77. The normalized spacial score (nSPS) is 20.2. The van der Waals surface area contributed by atoms with Gasteiger partial charge in [-0.2, -0.15) is 5.10 Å². The molecule has 1 saturated heterocycles. The molecule has 18 heavy (non-hydrogen) atoms. The molecule has 2 aromatic rings. The number of hydrogen-bond acceptors (Lipinski definition) is 5. The molecule has 3 rings (SSSR count). The highest BCUT2D eigenvalue weighted by molar-refractivity contribution is 5.86. The van der Waals surface area contributed by atoms with Crippen molar-refractivity contribution in [1.29, 1.82) is 0 Å². The van der Waals surface area contributed by atoms with Gasteiger partial charge in [-0.15, -0.1) is 0 Å². The molecule has 0 N–H and O–H groups in total. The Balaban J connectivity index is 2.06. The highest BCUT2D eigenvalue weighted by Crippen LogP contribution is 2.27. The molecule has 0 bridgehead atoms. The smallest absolute Gasteiger partial charge is 0.165 e. The van der Waals surface area contributed by atoms with Gasteiger partial charge in [-0.25, -0.2) is 14.6 Å². The Bertz CT molecular complexity index is 544. The first-order valence-electron chi connectivity index (χ1n) is 6.24. The van der Waals surface area contributed by atoms with Crippen molar-refractivity contribution in [3.8, 4) is 0 Å². The van der Waals surface area contributed by atoms with E-state index in [2.05, 4.69) is 15.1 Å². The van der Waals surface area contributed by atoms with Crippen molar-refractivity contribution in [1.82, 2.24) is 19.7 Å². The Morgan fingerprint density at radius 1 is 1.33 bits per heavy atom. The second-order valence-electron chi connectivity index (χ2n) is 4.74. The summed E-state index contributed by atoms with van der Waals surface area (Å²) in [5.74, 6) is 0.891. The third-order valence-corrected chi connectivity index (χ3v) is 3.22. The zero-order valence-electron chi connectivity index (χ0n) is 10.7. The highest BCUT2D eigenvalue weighted by atomic mass is 16.5. The molecule has 0 aliphatic carbocycles. The second-order valence-corrected chi connectivity index (χ2v) is 4.74. The molecule has 0 spiro atoms. The SMILES string of the molecule is CN(C)c1ncnc2c1cnn2[C@H]1CCCCO1. The molecule has 1 aliphatic rings. The van der Waals surface area contributed by atoms with Crippen molar-refractivity contribution < 1.29 is 4.74 Å². The van der Waals surface area contributed by atoms with Gasteiger partial charge in [-0.3, -0.25) is 0 Å². The van der Waals surface area contributed by atoms with E-state index < -0.39 is 0 Å². The standard InChI is InChI=1S/C12H17N5O/c1-16(2)11-9-7-15-17(12(9)14-8-13-11)10-5-3-4-6-18-10/h7-8,10H,3-6H2,1-2H3/t10-/m1/s1. The molecule has 0 unspecified atom stereocenters. The van der Waals surface area contributed by atoms with Crippen LogP contribution in [0.5, 0.6) is 0 Å². The van der Waals surface area contributed by atoms with Crippen LogP contribution in [0.4, 0.5) is 5.82 Å². The van der Waals surface area contributed by atoms with E-state index in [0.717, 1.165) is 36.3 Å². The highest BCUT2D eigenvalue weighted by Gasteiger charge is 2.20. The quantitative estimate of drug-likeness (QED) is 0.806. The van der Waals surface area contributed by atoms with Gasteiger partial charge in [-0.1, -0.05) is 0 Å². The van der Waals surface area contributed by atoms with Crippen LogP contribution in [0.1, 0.15) is 25.5 Å². The first-order valence-corrected chi connectivity index (χ1v) is 6.24. The molecule has 6 nitrogen and oxygen atoms in total. The van der Waals surface area contributed by atoms with Crippen LogP contribution >= 0.6 is 0 Å². The average Bonchev–Trinajstić information content (AvgIpc) is 2.83. The Morgan fingerprint density at radius 3 is 2.94 bits per heavy atom. The lowest BCUT2D eigenvalue weighted by Gasteiger charge is -2.23. The molecule has 2 aromatic heterocycles. The van der Waals surface area contributed by atoms with E-state index in [9.17, 15) is 0 Å². The zero-order valence-corrected chi connectivity index (χ0v) is 10.7. The van der Waals surface area contributed by atoms with Crippen molar-refractivity contribution >= 4 is 16.9 Å². The topological polar surface area (TPSA) is 56.1 Å². The monoisotopic (exact) mass is 247 g/mol. The summed E-state index contributed by atoms with van der Waals surface area (Å²) < 4.78 is 7.64. The first kappa shape index (κ1) is 11.4. The predicted octanol–water partition coefficient (Wildman–Crippen LogP) is 1.59. The van der Waals surface area contributed by atoms with E-state index in [1.807, 2.05) is 29.9 Å². The van der Waals surface area contributed by atoms with Crippen molar-refractivity contribution in [2.75, 3.05) is 25.6 Å². The number of anilines is 1. The summed E-state index contributed by atoms with van der Waals surface area (Å²) in [5.41, 5.74) is 0.848. The molecule has 0 amide bonds. The minimum absolute atomic E-state index is 0.0150. The second kappa shape index (κ2) is 4.53. The maximum atomic E-state index is 5.76. The fraction of sp³-hybridized carbons (Fsp3) is 0.583. The van der Waals surface area contributed by atoms with Crippen molar-refractivity contribution in [3.63, 3.8) is 0 Å². The lowest BCUT2D eigenvalue weighted by molar-refractivity contribution is -0.0370. The minimum atomic E-state index is 0.0150. The van der Waals surface area contributed by atoms with E-state index >= 15 is 0 Å². The maximum Gasteiger partial charge on any atom is 0.165 e. The lowest BCUT2D eigenvalue weighted by atomic mass is 10.2. The van der Waals surface area contributed by atoms with Crippen LogP contribution in [-0.4, -0.2) is 40.5 Å². The lowest BCUT2D eigenvalue weighted by Crippen LogP contribution is -2.19. The Labute approximate surface area is 106 Å². The molecular weight excluding hydrogens is 230 g/mol. The van der Waals surface area contributed by atoms with Crippen molar-refractivity contribution in [3.05, 3.63) is 12.5 Å². The number of aromatic nitrogens is 4. The van der Waals surface area contributed by atoms with Gasteiger partial charge in [0, 0.05) is 20.7 Å². The van der Waals surface area contributed by atoms with Crippen molar-refractivity contribution in [2.45, 2.75) is 25.5 Å². The molecule has 1 atom stereocenters. The molecular formula is C12H17N5O. The molecule has 3 heterocycles. The number of rotatable bonds is 2. The predicted molar refractivity (Wildman–Crippen MR) is 68.5 cm³/mol. The summed E-state index contributed by atoms with van der Waals surface area (Å²) in [4.78, 5) is 10.6. The fourth-order valence-corrected chi connectivity index (χ4v) is 2.33. The number of nitrogens with zero attached hydrogens (tertiary/aromatic N) is 5. The van der Waals surface area contributed by atoms with Gasteiger partial charge in [0.05, 0.1) is 11.6 Å². The summed E-state index contributed by atoms with van der Waals surface area (Å²) in [6, 6.07) is 0. The molecule has 0 saturated carbocycles. The zero-order chi connectivity index (χ0) is 12.5. The fourth-order valence-electron chi connectivity index (χ4n) is 2.33. The Hall–Kier alpha value is -1.69. The Kier molecular flexibility index (Phi) is 2.87. The van der Waals surface area contributed by atoms with Gasteiger partial charge in [0.1, 0.15) is 12.1 Å². The number of ether oxygens (including phenoxy) is 1. The summed E-state index contributed by atoms with van der Waals surface area (Å²) in [6.07, 6.45) is 6.73. The maximum absolute atomic E-state index is 5.76. The van der Waals surface area contributed by atoms with Crippen molar-refractivity contribution in [2.24, 2.45) is 0 Å². The van der Waals surface area contributed by atoms with Crippen LogP contribution in [-0.2, 0) is 4.74 Å². The average molecular weight is 247 g/mol. The van der Waals surface area contributed by atoms with E-state index in [-0.39, 0.29) is 6.23 Å². The van der Waals surface area contributed by atoms with E-state index in [1.165, 1.54) is 6.42 Å². The van der Waals surface area contributed by atoms with Gasteiger partial charge in [-0.05, 0) is 19.3 Å². The molecule has 6 heteroatoms. The minimum Gasteiger partial charge on any atom is -0.362 e. The molecule has 1 aliphatic heterocycles. The van der Waals surface area contributed by atoms with Gasteiger partial charge in [0.2, 0.25) is 0 Å². The van der Waals surface area contributed by atoms with E-state index in [1.54, 1.807) is 6.33 Å².